The molecular weight excluding hydrogens is 396 g/mol. The lowest BCUT2D eigenvalue weighted by molar-refractivity contribution is -0.148. The van der Waals surface area contributed by atoms with E-state index in [9.17, 15) is 14.4 Å². The Kier molecular flexibility index (Phi) is 7.37. The fourth-order valence-corrected chi connectivity index (χ4v) is 2.65. The molecule has 0 bridgehead atoms. The highest BCUT2D eigenvalue weighted by atomic mass is 16.5. The molecule has 1 atom stereocenters. The summed E-state index contributed by atoms with van der Waals surface area (Å²) in [5.74, 6) is -1.33. The smallest absolute Gasteiger partial charge is 0.328 e. The number of carbonyl (C=O) groups is 3. The maximum Gasteiger partial charge on any atom is 0.328 e. The lowest BCUT2D eigenvalue weighted by atomic mass is 10.2. The van der Waals surface area contributed by atoms with Gasteiger partial charge >= 0.3 is 5.97 Å². The second-order valence-corrected chi connectivity index (χ2v) is 6.68. The summed E-state index contributed by atoms with van der Waals surface area (Å²) in [6.45, 7) is 1.61. The molecule has 0 fully saturated rings. The molecule has 0 unspecified atom stereocenters. The fraction of sp³-hybridized carbons (Fsp3) is 0.125. The van der Waals surface area contributed by atoms with Crippen LogP contribution in [0.2, 0.25) is 0 Å². The molecule has 1 heterocycles. The molecule has 3 rings (SSSR count). The van der Waals surface area contributed by atoms with Gasteiger partial charge in [0.05, 0.1) is 6.26 Å². The summed E-state index contributed by atoms with van der Waals surface area (Å²) in [5.41, 5.74) is 1.16. The van der Waals surface area contributed by atoms with Gasteiger partial charge in [-0.25, -0.2) is 4.79 Å². The summed E-state index contributed by atoms with van der Waals surface area (Å²) in [5, 5.41) is 5.12. The Morgan fingerprint density at radius 2 is 1.65 bits per heavy atom. The Balaban J connectivity index is 1.66. The molecule has 2 amide bonds. The average Bonchev–Trinajstić information content (AvgIpc) is 3.31. The summed E-state index contributed by atoms with van der Waals surface area (Å²) in [6, 6.07) is 20.1. The van der Waals surface area contributed by atoms with Crippen LogP contribution in [0, 0.1) is 0 Å². The Labute approximate surface area is 179 Å². The van der Waals surface area contributed by atoms with Gasteiger partial charge in [0.25, 0.3) is 11.8 Å². The van der Waals surface area contributed by atoms with E-state index in [-0.39, 0.29) is 12.3 Å². The van der Waals surface area contributed by atoms with Crippen LogP contribution in [0.4, 0.5) is 0 Å². The number of carbonyl (C=O) groups excluding carboxylic acids is 3. The van der Waals surface area contributed by atoms with Crippen LogP contribution >= 0.6 is 0 Å². The second kappa shape index (κ2) is 10.6. The van der Waals surface area contributed by atoms with Crippen LogP contribution < -0.4 is 10.6 Å². The number of amides is 2. The zero-order valence-corrected chi connectivity index (χ0v) is 16.9. The number of nitrogens with one attached hydrogen (secondary N) is 2. The number of hydrogen-bond donors (Lipinski definition) is 2. The molecule has 0 aliphatic carbocycles. The third-order valence-corrected chi connectivity index (χ3v) is 4.28. The van der Waals surface area contributed by atoms with Crippen molar-refractivity contribution >= 4 is 23.9 Å². The van der Waals surface area contributed by atoms with Crippen molar-refractivity contribution in [1.82, 2.24) is 10.6 Å². The molecule has 1 aromatic heterocycles. The monoisotopic (exact) mass is 418 g/mol. The minimum Gasteiger partial charge on any atom is -0.465 e. The largest absolute Gasteiger partial charge is 0.465 e. The van der Waals surface area contributed by atoms with Gasteiger partial charge in [-0.2, -0.15) is 0 Å². The molecule has 7 nitrogen and oxygen atoms in total. The Morgan fingerprint density at radius 3 is 2.29 bits per heavy atom. The summed E-state index contributed by atoms with van der Waals surface area (Å²) in [6.07, 6.45) is 2.84. The van der Waals surface area contributed by atoms with Crippen molar-refractivity contribution in [3.63, 3.8) is 0 Å². The Hall–Kier alpha value is -4.13. The third-order valence-electron chi connectivity index (χ3n) is 4.28. The highest BCUT2D eigenvalue weighted by Crippen LogP contribution is 2.09. The molecule has 158 valence electrons. The summed E-state index contributed by atoms with van der Waals surface area (Å²) in [4.78, 5) is 37.6. The minimum atomic E-state index is -0.926. The highest BCUT2D eigenvalue weighted by molar-refractivity contribution is 6.05. The van der Waals surface area contributed by atoms with Crippen molar-refractivity contribution in [2.75, 3.05) is 0 Å². The number of hydrogen-bond acceptors (Lipinski definition) is 5. The molecule has 0 radical (unpaired) electrons. The first-order chi connectivity index (χ1) is 15.0. The first-order valence-corrected chi connectivity index (χ1v) is 9.66. The van der Waals surface area contributed by atoms with Crippen LogP contribution in [0.25, 0.3) is 6.08 Å². The van der Waals surface area contributed by atoms with E-state index in [0.29, 0.717) is 11.3 Å². The zero-order chi connectivity index (χ0) is 22.1. The quantitative estimate of drug-likeness (QED) is 0.432. The lowest BCUT2D eigenvalue weighted by Crippen LogP contribution is -2.43. The summed E-state index contributed by atoms with van der Waals surface area (Å²) >= 11 is 0. The Bertz CT molecular complexity index is 1040. The standard InChI is InChI=1S/C24H22N2O5/c1-17(24(29)31-16-18-9-4-2-5-10-18)25-23(28)21(15-20-13-8-14-30-20)26-22(27)19-11-6-3-7-12-19/h2-15,17H,16H2,1H3,(H,25,28)(H,26,27)/b21-15-/t17-/m1/s1. The van der Waals surface area contributed by atoms with Gasteiger partial charge < -0.3 is 19.8 Å². The number of benzene rings is 2. The van der Waals surface area contributed by atoms with Gasteiger partial charge in [-0.3, -0.25) is 9.59 Å². The predicted molar refractivity (Wildman–Crippen MR) is 114 cm³/mol. The van der Waals surface area contributed by atoms with Crippen molar-refractivity contribution in [3.8, 4) is 0 Å². The van der Waals surface area contributed by atoms with E-state index in [1.54, 1.807) is 42.5 Å². The van der Waals surface area contributed by atoms with Gasteiger partial charge in [-0.1, -0.05) is 48.5 Å². The molecule has 0 aliphatic rings. The van der Waals surface area contributed by atoms with E-state index < -0.39 is 23.8 Å². The lowest BCUT2D eigenvalue weighted by Gasteiger charge is -2.15. The molecule has 7 heteroatoms. The van der Waals surface area contributed by atoms with Crippen LogP contribution in [-0.4, -0.2) is 23.8 Å². The summed E-state index contributed by atoms with van der Waals surface area (Å²) < 4.78 is 10.5. The van der Waals surface area contributed by atoms with E-state index >= 15 is 0 Å². The van der Waals surface area contributed by atoms with Crippen LogP contribution in [0.5, 0.6) is 0 Å². The topological polar surface area (TPSA) is 97.6 Å². The number of ether oxygens (including phenoxy) is 1. The van der Waals surface area contributed by atoms with Crippen molar-refractivity contribution in [3.05, 3.63) is 102 Å². The maximum atomic E-state index is 12.8. The van der Waals surface area contributed by atoms with Crippen molar-refractivity contribution < 1.29 is 23.5 Å². The van der Waals surface area contributed by atoms with E-state index in [1.165, 1.54) is 19.3 Å². The molecular formula is C24H22N2O5. The van der Waals surface area contributed by atoms with E-state index in [2.05, 4.69) is 10.6 Å². The van der Waals surface area contributed by atoms with Gasteiger partial charge in [0.2, 0.25) is 0 Å². The van der Waals surface area contributed by atoms with Gasteiger partial charge in [-0.05, 0) is 36.8 Å². The fourth-order valence-electron chi connectivity index (χ4n) is 2.65. The van der Waals surface area contributed by atoms with Gasteiger partial charge in [0.15, 0.2) is 0 Å². The average molecular weight is 418 g/mol. The zero-order valence-electron chi connectivity index (χ0n) is 16.9. The molecule has 3 aromatic rings. The molecule has 0 saturated heterocycles. The van der Waals surface area contributed by atoms with Crippen LogP contribution in [0.3, 0.4) is 0 Å². The van der Waals surface area contributed by atoms with Crippen molar-refractivity contribution in [2.24, 2.45) is 0 Å². The number of esters is 1. The SMILES string of the molecule is C[C@@H](NC(=O)/C(=C/c1ccco1)NC(=O)c1ccccc1)C(=O)OCc1ccccc1. The van der Waals surface area contributed by atoms with Crippen molar-refractivity contribution in [2.45, 2.75) is 19.6 Å². The van der Waals surface area contributed by atoms with E-state index in [0.717, 1.165) is 5.56 Å². The normalized spacial score (nSPS) is 12.0. The van der Waals surface area contributed by atoms with Gasteiger partial charge in [0, 0.05) is 11.6 Å². The van der Waals surface area contributed by atoms with Gasteiger partial charge in [0.1, 0.15) is 24.1 Å². The maximum absolute atomic E-state index is 12.8. The molecule has 2 N–H and O–H groups in total. The molecule has 31 heavy (non-hydrogen) atoms. The van der Waals surface area contributed by atoms with Crippen LogP contribution in [0.15, 0.2) is 89.2 Å². The minimum absolute atomic E-state index is 0.0634. The number of rotatable bonds is 8. The first kappa shape index (κ1) is 21.6. The van der Waals surface area contributed by atoms with Crippen molar-refractivity contribution in [1.29, 1.82) is 0 Å². The molecule has 0 aliphatic heterocycles. The van der Waals surface area contributed by atoms with E-state index in [4.69, 9.17) is 9.15 Å². The van der Waals surface area contributed by atoms with Crippen LogP contribution in [-0.2, 0) is 20.9 Å². The highest BCUT2D eigenvalue weighted by Gasteiger charge is 2.21. The third kappa shape index (κ3) is 6.43. The predicted octanol–water partition coefficient (Wildman–Crippen LogP) is 3.30. The van der Waals surface area contributed by atoms with E-state index in [1.807, 2.05) is 30.3 Å². The first-order valence-electron chi connectivity index (χ1n) is 9.66. The van der Waals surface area contributed by atoms with Gasteiger partial charge in [-0.15, -0.1) is 0 Å². The molecule has 2 aromatic carbocycles. The van der Waals surface area contributed by atoms with Crippen LogP contribution in [0.1, 0.15) is 28.6 Å². The number of furan rings is 1. The molecule has 0 saturated carbocycles. The Morgan fingerprint density at radius 1 is 0.968 bits per heavy atom. The molecule has 0 spiro atoms. The second-order valence-electron chi connectivity index (χ2n) is 6.68. The summed E-state index contributed by atoms with van der Waals surface area (Å²) in [7, 11) is 0.